The molecule has 278 valence electrons. The van der Waals surface area contributed by atoms with Gasteiger partial charge in [0.25, 0.3) is 5.91 Å². The number of carbonyl (C=O) groups is 2. The molecule has 1 aliphatic heterocycles. The molecule has 1 aliphatic carbocycles. The van der Waals surface area contributed by atoms with Crippen molar-refractivity contribution in [3.8, 4) is 22.5 Å². The summed E-state index contributed by atoms with van der Waals surface area (Å²) in [5.74, 6) is -3.36. The van der Waals surface area contributed by atoms with E-state index in [1.54, 1.807) is 0 Å². The van der Waals surface area contributed by atoms with Gasteiger partial charge in [0.2, 0.25) is 10.3 Å². The Morgan fingerprint density at radius 3 is 2.23 bits per heavy atom. The van der Waals surface area contributed by atoms with E-state index in [9.17, 15) is 40.6 Å². The predicted octanol–water partition coefficient (Wildman–Crippen LogP) is 1.69. The quantitative estimate of drug-likeness (QED) is 0.0193. The van der Waals surface area contributed by atoms with Gasteiger partial charge in [0.1, 0.15) is 15.0 Å². The highest BCUT2D eigenvalue weighted by Crippen LogP contribution is 2.49. The van der Waals surface area contributed by atoms with E-state index >= 15 is 0 Å². The molecule has 0 spiro atoms. The van der Waals surface area contributed by atoms with Gasteiger partial charge in [-0.05, 0) is 29.8 Å². The molecule has 2 aliphatic rings. The molecule has 2 aromatic carbocycles. The van der Waals surface area contributed by atoms with Gasteiger partial charge in [0.15, 0.2) is 11.3 Å². The molecule has 19 nitrogen and oxygen atoms in total. The van der Waals surface area contributed by atoms with Gasteiger partial charge in [-0.3, -0.25) is 14.8 Å². The zero-order valence-electron chi connectivity index (χ0n) is 26.5. The number of anilines is 1. The lowest BCUT2D eigenvalue weighted by atomic mass is 9.89. The van der Waals surface area contributed by atoms with Crippen LogP contribution in [0.4, 0.5) is 5.69 Å². The number of nitrogen functional groups attached to an aromatic ring is 1. The highest BCUT2D eigenvalue weighted by atomic mass is 35.5. The molecule has 0 atom stereocenters. The first-order valence-corrected chi connectivity index (χ1v) is 18.2. The lowest BCUT2D eigenvalue weighted by Crippen LogP contribution is -2.47. The number of nitrogens with two attached hydrogens (primary N) is 2. The number of nitrogens with one attached hydrogen (secondary N) is 1. The number of azide groups is 1. The SMILES string of the molecule is [N-]=[N+]=NCCOCCOCCOCCNC(=O)c1cc(Cl)c(-c2c3ccc(=[NH2+])c(S(=O)(=O)O)c-3oc3c(S(=O)(=O)[O-])c(N)ccc23)c(C(=O)O)c1Cl. The largest absolute Gasteiger partial charge is 0.744 e. The Hall–Kier alpha value is -4.54. The van der Waals surface area contributed by atoms with Crippen LogP contribution in [0.3, 0.4) is 0 Å². The van der Waals surface area contributed by atoms with Gasteiger partial charge in [-0.2, -0.15) is 8.42 Å². The van der Waals surface area contributed by atoms with E-state index in [1.807, 2.05) is 0 Å². The number of benzene rings is 3. The van der Waals surface area contributed by atoms with Crippen molar-refractivity contribution < 1.29 is 64.7 Å². The van der Waals surface area contributed by atoms with Crippen molar-refractivity contribution in [2.24, 2.45) is 5.11 Å². The van der Waals surface area contributed by atoms with Gasteiger partial charge in [-0.1, -0.05) is 28.3 Å². The van der Waals surface area contributed by atoms with E-state index in [-0.39, 0.29) is 74.8 Å². The Morgan fingerprint density at radius 1 is 1.00 bits per heavy atom. The van der Waals surface area contributed by atoms with Crippen LogP contribution in [0.15, 0.2) is 49.7 Å². The number of fused-ring (bicyclic) bond motifs is 2. The number of ether oxygens (including phenoxy) is 3. The average molecular weight is 804 g/mol. The number of carbonyl (C=O) groups excluding carboxylic acids is 1. The summed E-state index contributed by atoms with van der Waals surface area (Å²) in [5.41, 5.74) is 10.4. The number of carboxylic acids is 1. The summed E-state index contributed by atoms with van der Waals surface area (Å²) in [5, 5.41) is 20.1. The first-order valence-electron chi connectivity index (χ1n) is 14.6. The Morgan fingerprint density at radius 2 is 1.63 bits per heavy atom. The van der Waals surface area contributed by atoms with Gasteiger partial charge in [-0.15, -0.1) is 0 Å². The molecule has 1 heterocycles. The van der Waals surface area contributed by atoms with E-state index in [0.29, 0.717) is 0 Å². The second kappa shape index (κ2) is 16.9. The van der Waals surface area contributed by atoms with Crippen LogP contribution in [0, 0.1) is 0 Å². The summed E-state index contributed by atoms with van der Waals surface area (Å²) in [6.45, 7) is 1.34. The van der Waals surface area contributed by atoms with Crippen molar-refractivity contribution in [3.05, 3.63) is 67.3 Å². The van der Waals surface area contributed by atoms with E-state index in [4.69, 9.17) is 58.5 Å². The van der Waals surface area contributed by atoms with Crippen LogP contribution in [0.1, 0.15) is 20.7 Å². The van der Waals surface area contributed by atoms with E-state index < -0.39 is 85.5 Å². The molecular formula is C29H28Cl2N6O13S2. The monoisotopic (exact) mass is 802 g/mol. The first kappa shape index (κ1) is 40.2. The lowest BCUT2D eigenvalue weighted by molar-refractivity contribution is -0.176. The van der Waals surface area contributed by atoms with Crippen molar-refractivity contribution >= 4 is 72.0 Å². The van der Waals surface area contributed by atoms with Crippen LogP contribution in [0.2, 0.25) is 10.0 Å². The van der Waals surface area contributed by atoms with Gasteiger partial charge in [0, 0.05) is 46.1 Å². The minimum atomic E-state index is -5.45. The Bertz CT molecular complexity index is 2350. The molecule has 0 fully saturated rings. The van der Waals surface area contributed by atoms with Crippen molar-refractivity contribution in [1.82, 2.24) is 5.32 Å². The first-order chi connectivity index (χ1) is 24.5. The minimum Gasteiger partial charge on any atom is -0.744 e. The standard InChI is InChI=1S/C29H28Cl2N6O13S2/c30-17-13-16(28(38)35-5-7-47-9-11-49-12-10-48-8-6-36-37-34)23(31)22(29(39)40)21(17)20-14-1-3-18(32)26(51(41,42)43)24(14)50-25-15(20)2-4-19(33)27(25)52(44,45)46/h1-4,13,32H,5-12,33H2,(H,35,38)(H,39,40)(H,41,42,43)(H,44,45,46). The van der Waals surface area contributed by atoms with Crippen molar-refractivity contribution in [2.75, 3.05) is 58.5 Å². The molecule has 23 heteroatoms. The van der Waals surface area contributed by atoms with Crippen LogP contribution >= 0.6 is 23.2 Å². The molecule has 1 amide bonds. The second-order valence-electron chi connectivity index (χ2n) is 10.5. The number of amides is 1. The lowest BCUT2D eigenvalue weighted by Gasteiger charge is -2.22. The number of halogens is 2. The summed E-state index contributed by atoms with van der Waals surface area (Å²) in [4.78, 5) is 26.4. The Labute approximate surface area is 304 Å². The molecule has 0 saturated carbocycles. The fourth-order valence-corrected chi connectivity index (χ4v) is 7.15. The smallest absolute Gasteiger partial charge is 0.337 e. The topological polar surface area (TPSA) is 319 Å². The van der Waals surface area contributed by atoms with E-state index in [0.717, 1.165) is 24.3 Å². The number of hydrogen-bond donors (Lipinski definition) is 5. The number of aromatic carboxylic acids is 1. The molecular weight excluding hydrogens is 775 g/mol. The zero-order valence-corrected chi connectivity index (χ0v) is 29.6. The van der Waals surface area contributed by atoms with Crippen LogP contribution in [0.5, 0.6) is 0 Å². The fraction of sp³-hybridized carbons (Fsp3) is 0.276. The molecule has 0 radical (unpaired) electrons. The Balaban J connectivity index is 1.71. The summed E-state index contributed by atoms with van der Waals surface area (Å²) >= 11 is 13.2. The fourth-order valence-electron chi connectivity index (χ4n) is 5.05. The van der Waals surface area contributed by atoms with Crippen LogP contribution in [-0.2, 0) is 34.4 Å². The summed E-state index contributed by atoms with van der Waals surface area (Å²) < 4.78 is 93.5. The summed E-state index contributed by atoms with van der Waals surface area (Å²) in [7, 11) is -10.7. The highest BCUT2D eigenvalue weighted by Gasteiger charge is 2.34. The molecule has 0 unspecified atom stereocenters. The molecule has 4 rings (SSSR count). The second-order valence-corrected chi connectivity index (χ2v) is 13.9. The number of rotatable bonds is 17. The van der Waals surface area contributed by atoms with Gasteiger partial charge >= 0.3 is 16.1 Å². The van der Waals surface area contributed by atoms with Gasteiger partial charge in [-0.25, -0.2) is 13.2 Å². The number of carboxylic acid groups (broad SMARTS) is 1. The van der Waals surface area contributed by atoms with Crippen molar-refractivity contribution in [3.63, 3.8) is 0 Å². The van der Waals surface area contributed by atoms with E-state index in [1.165, 1.54) is 6.07 Å². The van der Waals surface area contributed by atoms with Crippen molar-refractivity contribution in [2.45, 2.75) is 9.79 Å². The zero-order chi connectivity index (χ0) is 38.4. The van der Waals surface area contributed by atoms with Crippen molar-refractivity contribution in [1.29, 1.82) is 0 Å². The maximum absolute atomic E-state index is 13.1. The molecule has 2 aromatic rings. The van der Waals surface area contributed by atoms with E-state index in [2.05, 4.69) is 15.3 Å². The summed E-state index contributed by atoms with van der Waals surface area (Å²) in [6, 6.07) is 5.40. The van der Waals surface area contributed by atoms with Crippen LogP contribution in [-0.4, -0.2) is 95.7 Å². The minimum absolute atomic E-state index is 0.0196. The molecule has 7 N–H and O–H groups in total. The molecule has 0 saturated heterocycles. The van der Waals surface area contributed by atoms with Gasteiger partial charge < -0.3 is 39.3 Å². The maximum atomic E-state index is 13.1. The number of nitrogens with zero attached hydrogens (tertiary/aromatic N) is 3. The number of hydrogen-bond acceptors (Lipinski definition) is 13. The third-order valence-corrected chi connectivity index (χ3v) is 9.68. The average Bonchev–Trinajstić information content (AvgIpc) is 3.05. The molecule has 0 bridgehead atoms. The third-order valence-electron chi connectivity index (χ3n) is 7.14. The third kappa shape index (κ3) is 8.90. The highest BCUT2D eigenvalue weighted by molar-refractivity contribution is 7.86. The predicted molar refractivity (Wildman–Crippen MR) is 181 cm³/mol. The molecule has 52 heavy (non-hydrogen) atoms. The van der Waals surface area contributed by atoms with Crippen LogP contribution < -0.4 is 21.8 Å². The normalized spacial score (nSPS) is 11.8. The maximum Gasteiger partial charge on any atom is 0.337 e. The van der Waals surface area contributed by atoms with Crippen LogP contribution in [0.25, 0.3) is 43.9 Å². The van der Waals surface area contributed by atoms with Gasteiger partial charge in [0.05, 0.1) is 66.5 Å². The summed E-state index contributed by atoms with van der Waals surface area (Å²) in [6.07, 6.45) is 0. The molecule has 0 aromatic heterocycles. The Kier molecular flexibility index (Phi) is 13.0.